The second-order valence-electron chi connectivity index (χ2n) is 5.05. The van der Waals surface area contributed by atoms with Gasteiger partial charge in [0, 0.05) is 24.2 Å². The van der Waals surface area contributed by atoms with Crippen molar-refractivity contribution < 1.29 is 14.7 Å². The summed E-state index contributed by atoms with van der Waals surface area (Å²) in [5.41, 5.74) is 7.35. The Balaban J connectivity index is 1.86. The van der Waals surface area contributed by atoms with Gasteiger partial charge in [0.15, 0.2) is 0 Å². The van der Waals surface area contributed by atoms with Crippen LogP contribution in [0.2, 0.25) is 0 Å². The number of rotatable bonds is 6. The molecule has 0 aromatic heterocycles. The second-order valence-corrected chi connectivity index (χ2v) is 5.05. The van der Waals surface area contributed by atoms with Crippen LogP contribution in [0.25, 0.3) is 6.08 Å². The van der Waals surface area contributed by atoms with E-state index in [2.05, 4.69) is 5.32 Å². The molecule has 1 aromatic carbocycles. The minimum atomic E-state index is -0.989. The average Bonchev–Trinajstić information content (AvgIpc) is 3.22. The van der Waals surface area contributed by atoms with E-state index in [0.29, 0.717) is 18.0 Å². The van der Waals surface area contributed by atoms with Gasteiger partial charge in [-0.2, -0.15) is 0 Å². The topological polar surface area (TPSA) is 92.4 Å². The highest BCUT2D eigenvalue weighted by Crippen LogP contribution is 2.32. The maximum atomic E-state index is 11.8. The van der Waals surface area contributed by atoms with Crippen molar-refractivity contribution in [2.75, 3.05) is 5.32 Å². The molecule has 5 heteroatoms. The molecule has 0 radical (unpaired) electrons. The molecule has 0 heterocycles. The Labute approximate surface area is 117 Å². The molecule has 0 bridgehead atoms. The fourth-order valence-corrected chi connectivity index (χ4v) is 1.96. The van der Waals surface area contributed by atoms with Gasteiger partial charge in [-0.3, -0.25) is 4.79 Å². The zero-order valence-electron chi connectivity index (χ0n) is 11.1. The van der Waals surface area contributed by atoms with Crippen molar-refractivity contribution in [2.45, 2.75) is 25.3 Å². The summed E-state index contributed by atoms with van der Waals surface area (Å²) in [4.78, 5) is 22.2. The molecule has 1 fully saturated rings. The first-order chi connectivity index (χ1) is 9.54. The van der Waals surface area contributed by atoms with Gasteiger partial charge in [0.25, 0.3) is 0 Å². The number of aliphatic carboxylic acids is 1. The lowest BCUT2D eigenvalue weighted by Gasteiger charge is -2.10. The van der Waals surface area contributed by atoms with Crippen LogP contribution in [0.1, 0.15) is 24.8 Å². The third-order valence-electron chi connectivity index (χ3n) is 3.26. The third kappa shape index (κ3) is 4.51. The Morgan fingerprint density at radius 1 is 1.35 bits per heavy atom. The molecule has 1 aromatic rings. The van der Waals surface area contributed by atoms with Gasteiger partial charge in [0.1, 0.15) is 0 Å². The predicted octanol–water partition coefficient (Wildman–Crippen LogP) is 1.85. The number of nitrogens with two attached hydrogens (primary N) is 1. The van der Waals surface area contributed by atoms with Gasteiger partial charge in [-0.05, 0) is 42.5 Å². The smallest absolute Gasteiger partial charge is 0.328 e. The number of hydrogen-bond donors (Lipinski definition) is 3. The van der Waals surface area contributed by atoms with Gasteiger partial charge in [-0.15, -0.1) is 0 Å². The minimum absolute atomic E-state index is 0.0484. The van der Waals surface area contributed by atoms with E-state index in [9.17, 15) is 9.59 Å². The van der Waals surface area contributed by atoms with Crippen LogP contribution in [0.15, 0.2) is 30.3 Å². The van der Waals surface area contributed by atoms with Gasteiger partial charge in [0.05, 0.1) is 0 Å². The van der Waals surface area contributed by atoms with Crippen LogP contribution in [-0.4, -0.2) is 23.0 Å². The van der Waals surface area contributed by atoms with Crippen molar-refractivity contribution in [1.82, 2.24) is 0 Å². The van der Waals surface area contributed by atoms with Crippen LogP contribution in [0.5, 0.6) is 0 Å². The number of amides is 1. The number of carboxylic acid groups (broad SMARTS) is 1. The standard InChI is InChI=1S/C15H18N2O3/c16-13(11-4-5-11)9-14(18)17-12-6-1-10(2-7-12)3-8-15(19)20/h1-3,6-8,11,13H,4-5,9,16H2,(H,17,18)(H,19,20)/b8-3+. The quantitative estimate of drug-likeness (QED) is 0.690. The van der Waals surface area contributed by atoms with Crippen LogP contribution in [0.3, 0.4) is 0 Å². The molecule has 1 aliphatic carbocycles. The van der Waals surface area contributed by atoms with Crippen molar-refractivity contribution in [3.63, 3.8) is 0 Å². The van der Waals surface area contributed by atoms with Crippen LogP contribution in [-0.2, 0) is 9.59 Å². The second kappa shape index (κ2) is 6.34. The fraction of sp³-hybridized carbons (Fsp3) is 0.333. The normalized spacial score (nSPS) is 16.1. The highest BCUT2D eigenvalue weighted by Gasteiger charge is 2.29. The summed E-state index contributed by atoms with van der Waals surface area (Å²) >= 11 is 0. The van der Waals surface area contributed by atoms with E-state index in [1.807, 2.05) is 0 Å². The average molecular weight is 274 g/mol. The number of carbonyl (C=O) groups is 2. The van der Waals surface area contributed by atoms with E-state index in [1.54, 1.807) is 24.3 Å². The van der Waals surface area contributed by atoms with Crippen molar-refractivity contribution in [1.29, 1.82) is 0 Å². The van der Waals surface area contributed by atoms with E-state index in [-0.39, 0.29) is 11.9 Å². The molecule has 0 spiro atoms. The molecule has 4 N–H and O–H groups in total. The van der Waals surface area contributed by atoms with Gasteiger partial charge >= 0.3 is 5.97 Å². The molecule has 1 aliphatic rings. The first kappa shape index (κ1) is 14.3. The van der Waals surface area contributed by atoms with Gasteiger partial charge < -0.3 is 16.2 Å². The largest absolute Gasteiger partial charge is 0.478 e. The molecular weight excluding hydrogens is 256 g/mol. The summed E-state index contributed by atoms with van der Waals surface area (Å²) in [6.07, 6.45) is 5.16. The summed E-state index contributed by atoms with van der Waals surface area (Å²) in [5.74, 6) is -0.570. The van der Waals surface area contributed by atoms with E-state index in [0.717, 1.165) is 24.5 Å². The molecule has 0 aliphatic heterocycles. The van der Waals surface area contributed by atoms with Gasteiger partial charge in [0.2, 0.25) is 5.91 Å². The Hall–Kier alpha value is -2.14. The summed E-state index contributed by atoms with van der Waals surface area (Å²) in [6, 6.07) is 6.92. The Morgan fingerprint density at radius 3 is 2.55 bits per heavy atom. The van der Waals surface area contributed by atoms with E-state index in [4.69, 9.17) is 10.8 Å². The van der Waals surface area contributed by atoms with Crippen LogP contribution < -0.4 is 11.1 Å². The van der Waals surface area contributed by atoms with E-state index in [1.165, 1.54) is 6.08 Å². The molecule has 1 amide bonds. The molecule has 20 heavy (non-hydrogen) atoms. The maximum absolute atomic E-state index is 11.8. The number of hydrogen-bond acceptors (Lipinski definition) is 3. The summed E-state index contributed by atoms with van der Waals surface area (Å²) in [5, 5.41) is 11.3. The first-order valence-corrected chi connectivity index (χ1v) is 6.61. The van der Waals surface area contributed by atoms with Crippen LogP contribution >= 0.6 is 0 Å². The van der Waals surface area contributed by atoms with Crippen LogP contribution in [0, 0.1) is 5.92 Å². The Kier molecular flexibility index (Phi) is 4.53. The van der Waals surface area contributed by atoms with Crippen molar-refractivity contribution in [2.24, 2.45) is 11.7 Å². The van der Waals surface area contributed by atoms with Gasteiger partial charge in [-0.1, -0.05) is 12.1 Å². The lowest BCUT2D eigenvalue weighted by Crippen LogP contribution is -2.28. The lowest BCUT2D eigenvalue weighted by molar-refractivity contribution is -0.131. The number of benzene rings is 1. The SMILES string of the molecule is NC(CC(=O)Nc1ccc(/C=C/C(=O)O)cc1)C1CC1. The molecule has 1 saturated carbocycles. The summed E-state index contributed by atoms with van der Waals surface area (Å²) in [6.45, 7) is 0. The fourth-order valence-electron chi connectivity index (χ4n) is 1.96. The molecular formula is C15H18N2O3. The van der Waals surface area contributed by atoms with Crippen molar-refractivity contribution >= 4 is 23.6 Å². The third-order valence-corrected chi connectivity index (χ3v) is 3.26. The van der Waals surface area contributed by atoms with Crippen LogP contribution in [0.4, 0.5) is 5.69 Å². The number of anilines is 1. The number of nitrogens with one attached hydrogen (secondary N) is 1. The van der Waals surface area contributed by atoms with E-state index < -0.39 is 5.97 Å². The molecule has 1 atom stereocenters. The number of carboxylic acids is 1. The summed E-state index contributed by atoms with van der Waals surface area (Å²) in [7, 11) is 0. The monoisotopic (exact) mass is 274 g/mol. The maximum Gasteiger partial charge on any atom is 0.328 e. The molecule has 5 nitrogen and oxygen atoms in total. The van der Waals surface area contributed by atoms with E-state index >= 15 is 0 Å². The van der Waals surface area contributed by atoms with Crippen molar-refractivity contribution in [3.8, 4) is 0 Å². The molecule has 2 rings (SSSR count). The highest BCUT2D eigenvalue weighted by molar-refractivity contribution is 5.91. The zero-order valence-corrected chi connectivity index (χ0v) is 11.1. The molecule has 0 saturated heterocycles. The highest BCUT2D eigenvalue weighted by atomic mass is 16.4. The minimum Gasteiger partial charge on any atom is -0.478 e. The van der Waals surface area contributed by atoms with Gasteiger partial charge in [-0.25, -0.2) is 4.79 Å². The molecule has 1 unspecified atom stereocenters. The Morgan fingerprint density at radius 2 is 2.00 bits per heavy atom. The predicted molar refractivity (Wildman–Crippen MR) is 77.1 cm³/mol. The number of carbonyl (C=O) groups excluding carboxylic acids is 1. The zero-order chi connectivity index (χ0) is 14.5. The Bertz CT molecular complexity index is 518. The first-order valence-electron chi connectivity index (χ1n) is 6.61. The molecule has 106 valence electrons. The van der Waals surface area contributed by atoms with Crippen molar-refractivity contribution in [3.05, 3.63) is 35.9 Å². The summed E-state index contributed by atoms with van der Waals surface area (Å²) < 4.78 is 0. The lowest BCUT2D eigenvalue weighted by atomic mass is 10.1.